The molecule has 2 N–H and O–H groups in total. The van der Waals surface area contributed by atoms with E-state index in [1.54, 1.807) is 17.6 Å². The van der Waals surface area contributed by atoms with Crippen molar-refractivity contribution in [3.05, 3.63) is 77.8 Å². The molecule has 1 aromatic heterocycles. The zero-order valence-electron chi connectivity index (χ0n) is 20.0. The summed E-state index contributed by atoms with van der Waals surface area (Å²) in [4.78, 5) is 20.4. The molecule has 11 heteroatoms. The monoisotopic (exact) mass is 527 g/mol. The van der Waals surface area contributed by atoms with E-state index in [0.29, 0.717) is 31.3 Å². The van der Waals surface area contributed by atoms with Crippen molar-refractivity contribution in [2.75, 3.05) is 44.7 Å². The van der Waals surface area contributed by atoms with Gasteiger partial charge in [-0.25, -0.2) is 18.9 Å². The number of benzene rings is 2. The van der Waals surface area contributed by atoms with Crippen LogP contribution in [0.15, 0.2) is 72.3 Å². The molecule has 1 aliphatic heterocycles. The zero-order chi connectivity index (χ0) is 25.7. The Kier molecular flexibility index (Phi) is 8.17. The van der Waals surface area contributed by atoms with E-state index in [1.807, 2.05) is 42.3 Å². The lowest BCUT2D eigenvalue weighted by atomic mass is 10.0. The number of sulfonamides is 1. The minimum absolute atomic E-state index is 0.262. The number of hydroxylamine groups is 1. The van der Waals surface area contributed by atoms with Crippen molar-refractivity contribution in [3.63, 3.8) is 0 Å². The normalized spacial score (nSPS) is 14.7. The average molecular weight is 528 g/mol. The quantitative estimate of drug-likeness (QED) is 0.250. The van der Waals surface area contributed by atoms with Gasteiger partial charge >= 0.3 is 0 Å². The number of thiazole rings is 1. The topological polar surface area (TPSA) is 106 Å². The number of aromatic nitrogens is 1. The largest absolute Gasteiger partial charge is 0.345 e. The summed E-state index contributed by atoms with van der Waals surface area (Å²) in [6.45, 7) is 6.91. The van der Waals surface area contributed by atoms with Crippen LogP contribution in [0.2, 0.25) is 0 Å². The number of nitrogens with one attached hydrogen (secondary N) is 1. The molecule has 1 amide bonds. The number of carbonyl (C=O) groups excluding carboxylic acids is 1. The molecular formula is C25H29N5O4S2. The van der Waals surface area contributed by atoms with Crippen molar-refractivity contribution in [2.45, 2.75) is 11.4 Å². The maximum absolute atomic E-state index is 13.2. The summed E-state index contributed by atoms with van der Waals surface area (Å²) in [6.07, 6.45) is 3.27. The highest BCUT2D eigenvalue weighted by Crippen LogP contribution is 2.27. The van der Waals surface area contributed by atoms with Crippen LogP contribution in [0.25, 0.3) is 11.1 Å². The summed E-state index contributed by atoms with van der Waals surface area (Å²) >= 11 is 1.15. The molecule has 2 aromatic carbocycles. The molecule has 1 aliphatic rings. The van der Waals surface area contributed by atoms with Crippen molar-refractivity contribution >= 4 is 32.4 Å². The second-order valence-corrected chi connectivity index (χ2v) is 11.5. The van der Waals surface area contributed by atoms with Crippen LogP contribution in [0.4, 0.5) is 5.13 Å². The molecule has 1 saturated heterocycles. The smallest absolute Gasteiger partial charge is 0.286 e. The fraction of sp³-hybridized carbons (Fsp3) is 0.280. The molecular weight excluding hydrogens is 498 g/mol. The van der Waals surface area contributed by atoms with Gasteiger partial charge in [0.2, 0.25) is 10.0 Å². The van der Waals surface area contributed by atoms with Gasteiger partial charge in [0.15, 0.2) is 5.13 Å². The van der Waals surface area contributed by atoms with E-state index >= 15 is 0 Å². The number of anilines is 1. The minimum atomic E-state index is -3.63. The van der Waals surface area contributed by atoms with Crippen LogP contribution in [0.5, 0.6) is 0 Å². The molecule has 0 atom stereocenters. The molecule has 4 rings (SSSR count). The van der Waals surface area contributed by atoms with Gasteiger partial charge in [0.05, 0.1) is 11.1 Å². The molecule has 3 aromatic rings. The summed E-state index contributed by atoms with van der Waals surface area (Å²) in [5.74, 6) is -0.616. The lowest BCUT2D eigenvalue weighted by molar-refractivity contribution is 0.0710. The average Bonchev–Trinajstić information content (AvgIpc) is 3.39. The van der Waals surface area contributed by atoms with Crippen LogP contribution in [-0.4, -0.2) is 73.5 Å². The molecule has 0 radical (unpaired) electrons. The third-order valence-electron chi connectivity index (χ3n) is 5.97. The van der Waals surface area contributed by atoms with E-state index in [9.17, 15) is 13.2 Å². The van der Waals surface area contributed by atoms with Gasteiger partial charge in [-0.2, -0.15) is 4.31 Å². The number of carbonyl (C=O) groups is 1. The minimum Gasteiger partial charge on any atom is -0.345 e. The van der Waals surface area contributed by atoms with E-state index in [0.717, 1.165) is 35.6 Å². The molecule has 0 unspecified atom stereocenters. The first kappa shape index (κ1) is 26.0. The molecule has 1 fully saturated rings. The molecule has 0 bridgehead atoms. The molecule has 190 valence electrons. The number of amides is 1. The Hall–Kier alpha value is -3.09. The fourth-order valence-corrected chi connectivity index (χ4v) is 6.38. The molecule has 2 heterocycles. The van der Waals surface area contributed by atoms with Crippen LogP contribution >= 0.6 is 11.3 Å². The summed E-state index contributed by atoms with van der Waals surface area (Å²) in [7, 11) is -1.59. The SMILES string of the molecule is C=CCN(C)Cc1cccc(-c2ccc(S(=O)(=O)N3CCN(c4ncc(C(=O)NO)s4)CC3)cc2)c1. The highest BCUT2D eigenvalue weighted by molar-refractivity contribution is 7.89. The molecule has 0 spiro atoms. The second kappa shape index (κ2) is 11.3. The Morgan fingerprint density at radius 3 is 2.56 bits per heavy atom. The third kappa shape index (κ3) is 5.82. The van der Waals surface area contributed by atoms with E-state index in [4.69, 9.17) is 5.21 Å². The Bertz CT molecular complexity index is 1320. The number of nitrogens with zero attached hydrogens (tertiary/aromatic N) is 4. The van der Waals surface area contributed by atoms with E-state index in [-0.39, 0.29) is 9.77 Å². The second-order valence-electron chi connectivity index (χ2n) is 8.55. The molecule has 36 heavy (non-hydrogen) atoms. The predicted octanol–water partition coefficient (Wildman–Crippen LogP) is 3.06. The Morgan fingerprint density at radius 1 is 1.17 bits per heavy atom. The Labute approximate surface area is 215 Å². The van der Waals surface area contributed by atoms with Gasteiger partial charge < -0.3 is 4.90 Å². The number of hydrogen-bond acceptors (Lipinski definition) is 8. The van der Waals surface area contributed by atoms with Crippen molar-refractivity contribution in [2.24, 2.45) is 0 Å². The van der Waals surface area contributed by atoms with Crippen LogP contribution in [0, 0.1) is 0 Å². The Morgan fingerprint density at radius 2 is 1.89 bits per heavy atom. The predicted molar refractivity (Wildman–Crippen MR) is 141 cm³/mol. The van der Waals surface area contributed by atoms with E-state index < -0.39 is 15.9 Å². The summed E-state index contributed by atoms with van der Waals surface area (Å²) in [5, 5.41) is 9.39. The zero-order valence-corrected chi connectivity index (χ0v) is 21.6. The lowest BCUT2D eigenvalue weighted by Gasteiger charge is -2.33. The van der Waals surface area contributed by atoms with Crippen LogP contribution in [0.1, 0.15) is 15.2 Å². The van der Waals surface area contributed by atoms with E-state index in [2.05, 4.69) is 28.6 Å². The van der Waals surface area contributed by atoms with Gasteiger partial charge in [-0.3, -0.25) is 14.9 Å². The van der Waals surface area contributed by atoms with Crippen LogP contribution in [0.3, 0.4) is 0 Å². The van der Waals surface area contributed by atoms with Gasteiger partial charge in [-0.1, -0.05) is 47.7 Å². The summed E-state index contributed by atoms with van der Waals surface area (Å²) in [6, 6.07) is 15.2. The lowest BCUT2D eigenvalue weighted by Crippen LogP contribution is -2.48. The molecule has 0 aliphatic carbocycles. The first-order chi connectivity index (χ1) is 17.3. The maximum atomic E-state index is 13.2. The Balaban J connectivity index is 1.41. The standard InChI is InChI=1S/C25H29N5O4S2/c1-3-11-28(2)18-19-5-4-6-21(16-19)20-7-9-22(10-8-20)36(33,34)30-14-12-29(13-15-30)25-26-17-23(35-25)24(31)27-32/h3-10,16-17,32H,1,11-15,18H2,2H3,(H,27,31). The van der Waals surface area contributed by atoms with Gasteiger partial charge in [-0.05, 0) is 41.9 Å². The highest BCUT2D eigenvalue weighted by atomic mass is 32.2. The number of hydrogen-bond donors (Lipinski definition) is 2. The molecule has 9 nitrogen and oxygen atoms in total. The number of piperazine rings is 1. The fourth-order valence-electron chi connectivity index (χ4n) is 4.11. The van der Waals surface area contributed by atoms with Crippen LogP contribution < -0.4 is 10.4 Å². The van der Waals surface area contributed by atoms with Gasteiger partial charge in [-0.15, -0.1) is 6.58 Å². The maximum Gasteiger partial charge on any atom is 0.286 e. The van der Waals surface area contributed by atoms with E-state index in [1.165, 1.54) is 16.1 Å². The molecule has 0 saturated carbocycles. The van der Waals surface area contributed by atoms with Crippen molar-refractivity contribution < 1.29 is 18.4 Å². The number of rotatable bonds is 9. The number of likely N-dealkylation sites (N-methyl/N-ethyl adjacent to an activating group) is 1. The van der Waals surface area contributed by atoms with Crippen molar-refractivity contribution in [3.8, 4) is 11.1 Å². The van der Waals surface area contributed by atoms with Gasteiger partial charge in [0, 0.05) is 39.3 Å². The third-order valence-corrected chi connectivity index (χ3v) is 8.94. The van der Waals surface area contributed by atoms with Crippen molar-refractivity contribution in [1.82, 2.24) is 19.7 Å². The highest BCUT2D eigenvalue weighted by Gasteiger charge is 2.29. The summed E-state index contributed by atoms with van der Waals surface area (Å²) < 4.78 is 28.0. The van der Waals surface area contributed by atoms with Gasteiger partial charge in [0.1, 0.15) is 4.88 Å². The van der Waals surface area contributed by atoms with Crippen LogP contribution in [-0.2, 0) is 16.6 Å². The van der Waals surface area contributed by atoms with Gasteiger partial charge in [0.25, 0.3) is 5.91 Å². The van der Waals surface area contributed by atoms with Crippen molar-refractivity contribution in [1.29, 1.82) is 0 Å². The first-order valence-corrected chi connectivity index (χ1v) is 13.7. The first-order valence-electron chi connectivity index (χ1n) is 11.5. The summed E-state index contributed by atoms with van der Waals surface area (Å²) in [5.41, 5.74) is 4.76.